The van der Waals surface area contributed by atoms with Crippen LogP contribution in [0.4, 0.5) is 0 Å². The summed E-state index contributed by atoms with van der Waals surface area (Å²) in [6.07, 6.45) is 0. The van der Waals surface area contributed by atoms with E-state index in [2.05, 4.69) is 4.90 Å². The molecule has 2 rings (SSSR count). The summed E-state index contributed by atoms with van der Waals surface area (Å²) in [6.45, 7) is 1.84. The lowest BCUT2D eigenvalue weighted by molar-refractivity contribution is -0.119. The Morgan fingerprint density at radius 3 is 2.67 bits per heavy atom. The molecule has 7 heteroatoms. The van der Waals surface area contributed by atoms with Crippen molar-refractivity contribution in [3.8, 4) is 5.75 Å². The molecule has 1 aromatic rings. The number of benzene rings is 1. The summed E-state index contributed by atoms with van der Waals surface area (Å²) in [6, 6.07) is 6.71. The van der Waals surface area contributed by atoms with E-state index in [-0.39, 0.29) is 31.0 Å². The third kappa shape index (κ3) is 4.69. The quantitative estimate of drug-likeness (QED) is 0.719. The maximum Gasteiger partial charge on any atom is 0.255 e. The highest BCUT2D eigenvalue weighted by Gasteiger charge is 2.35. The Morgan fingerprint density at radius 1 is 1.33 bits per heavy atom. The molecule has 2 amide bonds. The van der Waals surface area contributed by atoms with E-state index in [0.717, 1.165) is 6.54 Å². The molecule has 0 bridgehead atoms. The van der Waals surface area contributed by atoms with Gasteiger partial charge in [0.25, 0.3) is 11.8 Å². The summed E-state index contributed by atoms with van der Waals surface area (Å²) >= 11 is 0. The van der Waals surface area contributed by atoms with Gasteiger partial charge in [-0.05, 0) is 38.2 Å². The fraction of sp³-hybridized carbons (Fsp3) is 0.529. The molecule has 0 radical (unpaired) electrons. The molecular formula is C17H25N3O4. The second kappa shape index (κ2) is 8.12. The van der Waals surface area contributed by atoms with Gasteiger partial charge in [-0.1, -0.05) is 6.07 Å². The molecule has 1 heterocycles. The van der Waals surface area contributed by atoms with Crippen molar-refractivity contribution >= 4 is 11.8 Å². The van der Waals surface area contributed by atoms with Gasteiger partial charge in [0.05, 0.1) is 0 Å². The van der Waals surface area contributed by atoms with Gasteiger partial charge < -0.3 is 25.4 Å². The predicted molar refractivity (Wildman–Crippen MR) is 89.7 cm³/mol. The summed E-state index contributed by atoms with van der Waals surface area (Å²) in [5.41, 5.74) is 5.56. The predicted octanol–water partition coefficient (Wildman–Crippen LogP) is -0.207. The van der Waals surface area contributed by atoms with Crippen LogP contribution in [-0.4, -0.2) is 73.7 Å². The second-order valence-electron chi connectivity index (χ2n) is 6.46. The highest BCUT2D eigenvalue weighted by molar-refractivity contribution is 5.94. The molecule has 1 aromatic carbocycles. The van der Waals surface area contributed by atoms with E-state index in [0.29, 0.717) is 24.4 Å². The maximum absolute atomic E-state index is 12.7. The molecule has 1 fully saturated rings. The molecule has 7 nitrogen and oxygen atoms in total. The van der Waals surface area contributed by atoms with Crippen LogP contribution in [0, 0.1) is 11.8 Å². The van der Waals surface area contributed by atoms with Gasteiger partial charge in [0, 0.05) is 37.7 Å². The number of hydrogen-bond acceptors (Lipinski definition) is 5. The topological polar surface area (TPSA) is 96.1 Å². The fourth-order valence-corrected chi connectivity index (χ4v) is 3.04. The maximum atomic E-state index is 12.7. The Bertz CT molecular complexity index is 591. The number of aliphatic hydroxyl groups is 1. The van der Waals surface area contributed by atoms with Gasteiger partial charge in [-0.2, -0.15) is 0 Å². The lowest BCUT2D eigenvalue weighted by Crippen LogP contribution is -2.30. The van der Waals surface area contributed by atoms with Crippen LogP contribution >= 0.6 is 0 Å². The first-order valence-corrected chi connectivity index (χ1v) is 7.96. The first kappa shape index (κ1) is 18.2. The number of ether oxygens (including phenoxy) is 1. The number of hydrogen-bond donors (Lipinski definition) is 2. The SMILES string of the molecule is CN(C)C[C@@H]1CN(C(=O)c2cccc(OCC(N)=O)c2)C[C@@H]1CO. The number of aliphatic hydroxyl groups excluding tert-OH is 1. The molecule has 1 aliphatic heterocycles. The van der Waals surface area contributed by atoms with Crippen molar-refractivity contribution in [2.45, 2.75) is 0 Å². The smallest absolute Gasteiger partial charge is 0.255 e. The number of carbonyl (C=O) groups excluding carboxylic acids is 2. The number of likely N-dealkylation sites (tertiary alicyclic amines) is 1. The van der Waals surface area contributed by atoms with Crippen molar-refractivity contribution in [3.05, 3.63) is 29.8 Å². The molecule has 0 aliphatic carbocycles. The van der Waals surface area contributed by atoms with Crippen LogP contribution in [0.3, 0.4) is 0 Å². The van der Waals surface area contributed by atoms with E-state index in [1.54, 1.807) is 29.2 Å². The van der Waals surface area contributed by atoms with Gasteiger partial charge in [-0.3, -0.25) is 9.59 Å². The average molecular weight is 335 g/mol. The molecule has 1 aliphatic rings. The molecule has 0 unspecified atom stereocenters. The Hall–Kier alpha value is -2.12. The first-order chi connectivity index (χ1) is 11.4. The molecule has 0 aromatic heterocycles. The van der Waals surface area contributed by atoms with Crippen molar-refractivity contribution in [1.82, 2.24) is 9.80 Å². The molecule has 1 saturated heterocycles. The Kier molecular flexibility index (Phi) is 6.16. The van der Waals surface area contributed by atoms with Gasteiger partial charge in [0.2, 0.25) is 0 Å². The van der Waals surface area contributed by atoms with E-state index in [4.69, 9.17) is 10.5 Å². The number of carbonyl (C=O) groups is 2. The largest absolute Gasteiger partial charge is 0.484 e. The van der Waals surface area contributed by atoms with Crippen LogP contribution in [0.1, 0.15) is 10.4 Å². The van der Waals surface area contributed by atoms with Crippen LogP contribution in [0.2, 0.25) is 0 Å². The number of nitrogens with two attached hydrogens (primary N) is 1. The number of amides is 2. The summed E-state index contributed by atoms with van der Waals surface area (Å²) in [5.74, 6) is 0.110. The summed E-state index contributed by atoms with van der Waals surface area (Å²) in [5, 5.41) is 9.57. The summed E-state index contributed by atoms with van der Waals surface area (Å²) in [4.78, 5) is 27.3. The normalized spacial score (nSPS) is 20.4. The van der Waals surface area contributed by atoms with Crippen LogP contribution in [0.5, 0.6) is 5.75 Å². The van der Waals surface area contributed by atoms with E-state index in [9.17, 15) is 14.7 Å². The third-order valence-electron chi connectivity index (χ3n) is 4.16. The molecule has 2 atom stereocenters. The van der Waals surface area contributed by atoms with Gasteiger partial charge in [0.15, 0.2) is 6.61 Å². The minimum Gasteiger partial charge on any atom is -0.484 e. The molecule has 132 valence electrons. The van der Waals surface area contributed by atoms with Crippen LogP contribution in [0.15, 0.2) is 24.3 Å². The minimum atomic E-state index is -0.566. The minimum absolute atomic E-state index is 0.0735. The van der Waals surface area contributed by atoms with E-state index >= 15 is 0 Å². The van der Waals surface area contributed by atoms with E-state index in [1.807, 2.05) is 14.1 Å². The zero-order valence-electron chi connectivity index (χ0n) is 14.1. The van der Waals surface area contributed by atoms with Crippen molar-refractivity contribution < 1.29 is 19.4 Å². The van der Waals surface area contributed by atoms with Crippen LogP contribution in [0.25, 0.3) is 0 Å². The highest BCUT2D eigenvalue weighted by atomic mass is 16.5. The Morgan fingerprint density at radius 2 is 2.04 bits per heavy atom. The van der Waals surface area contributed by atoms with E-state index in [1.165, 1.54) is 0 Å². The average Bonchev–Trinajstić information content (AvgIpc) is 2.94. The monoisotopic (exact) mass is 335 g/mol. The highest BCUT2D eigenvalue weighted by Crippen LogP contribution is 2.26. The first-order valence-electron chi connectivity index (χ1n) is 7.96. The Labute approximate surface area is 142 Å². The molecule has 0 spiro atoms. The number of primary amides is 1. The summed E-state index contributed by atoms with van der Waals surface area (Å²) in [7, 11) is 3.97. The number of rotatable bonds is 7. The third-order valence-corrected chi connectivity index (χ3v) is 4.16. The van der Waals surface area contributed by atoms with Gasteiger partial charge in [-0.15, -0.1) is 0 Å². The fourth-order valence-electron chi connectivity index (χ4n) is 3.04. The van der Waals surface area contributed by atoms with Crippen molar-refractivity contribution in [2.24, 2.45) is 17.6 Å². The van der Waals surface area contributed by atoms with Gasteiger partial charge in [0.1, 0.15) is 5.75 Å². The van der Waals surface area contributed by atoms with Gasteiger partial charge >= 0.3 is 0 Å². The van der Waals surface area contributed by atoms with E-state index < -0.39 is 5.91 Å². The molecular weight excluding hydrogens is 310 g/mol. The lowest BCUT2D eigenvalue weighted by Gasteiger charge is -2.20. The molecule has 3 N–H and O–H groups in total. The number of nitrogens with zero attached hydrogens (tertiary/aromatic N) is 2. The van der Waals surface area contributed by atoms with Crippen molar-refractivity contribution in [2.75, 3.05) is 46.9 Å². The second-order valence-corrected chi connectivity index (χ2v) is 6.46. The van der Waals surface area contributed by atoms with Crippen molar-refractivity contribution in [3.63, 3.8) is 0 Å². The lowest BCUT2D eigenvalue weighted by atomic mass is 9.97. The standard InChI is InChI=1S/C17H25N3O4/c1-19(2)7-13-8-20(9-14(13)10-21)17(23)12-4-3-5-15(6-12)24-11-16(18)22/h3-6,13-14,21H,7-11H2,1-2H3,(H2,18,22)/t13-,14-/m1/s1. The van der Waals surface area contributed by atoms with Crippen molar-refractivity contribution in [1.29, 1.82) is 0 Å². The Balaban J connectivity index is 2.06. The molecule has 0 saturated carbocycles. The summed E-state index contributed by atoms with van der Waals surface area (Å²) < 4.78 is 5.24. The zero-order valence-corrected chi connectivity index (χ0v) is 14.1. The van der Waals surface area contributed by atoms with Crippen LogP contribution in [-0.2, 0) is 4.79 Å². The van der Waals surface area contributed by atoms with Gasteiger partial charge in [-0.25, -0.2) is 0 Å². The van der Waals surface area contributed by atoms with Crippen LogP contribution < -0.4 is 10.5 Å². The molecule has 24 heavy (non-hydrogen) atoms. The zero-order chi connectivity index (χ0) is 17.7.